The van der Waals surface area contributed by atoms with Gasteiger partial charge in [-0.05, 0) is 122 Å². The van der Waals surface area contributed by atoms with Gasteiger partial charge in [0, 0.05) is 49.7 Å². The van der Waals surface area contributed by atoms with Crippen LogP contribution in [0.2, 0.25) is 0 Å². The van der Waals surface area contributed by atoms with E-state index in [4.69, 9.17) is 8.83 Å². The van der Waals surface area contributed by atoms with Crippen molar-refractivity contribution in [1.82, 2.24) is 0 Å². The van der Waals surface area contributed by atoms with Crippen LogP contribution in [0.5, 0.6) is 0 Å². The van der Waals surface area contributed by atoms with Crippen LogP contribution in [0.15, 0.2) is 215 Å². The minimum absolute atomic E-state index is 0.127. The second-order valence-electron chi connectivity index (χ2n) is 21.0. The van der Waals surface area contributed by atoms with E-state index in [9.17, 15) is 0 Å². The summed E-state index contributed by atoms with van der Waals surface area (Å²) in [6, 6.07) is 60.8. The minimum atomic E-state index is -0.581. The Morgan fingerprint density at radius 3 is 2.07 bits per heavy atom. The number of rotatable bonds is 4. The van der Waals surface area contributed by atoms with Crippen molar-refractivity contribution in [2.75, 3.05) is 4.90 Å². The summed E-state index contributed by atoms with van der Waals surface area (Å²) < 4.78 is 14.2. The fourth-order valence-electron chi connectivity index (χ4n) is 14.1. The van der Waals surface area contributed by atoms with Gasteiger partial charge in [-0.3, -0.25) is 0 Å². The van der Waals surface area contributed by atoms with E-state index < -0.39 is 5.41 Å². The van der Waals surface area contributed by atoms with Gasteiger partial charge in [-0.2, -0.15) is 0 Å². The van der Waals surface area contributed by atoms with Crippen LogP contribution in [0.4, 0.5) is 17.1 Å². The number of furan rings is 2. The van der Waals surface area contributed by atoms with Gasteiger partial charge in [-0.1, -0.05) is 185 Å². The first-order valence-electron chi connectivity index (χ1n) is 24.7. The van der Waals surface area contributed by atoms with E-state index in [0.717, 1.165) is 67.4 Å². The molecule has 0 bridgehead atoms. The Morgan fingerprint density at radius 1 is 0.551 bits per heavy atom. The Bertz CT molecular complexity index is 4000. The first-order chi connectivity index (χ1) is 33.8. The van der Waals surface area contributed by atoms with Crippen molar-refractivity contribution < 1.29 is 8.83 Å². The van der Waals surface area contributed by atoms with Crippen molar-refractivity contribution in [2.24, 2.45) is 11.3 Å². The summed E-state index contributed by atoms with van der Waals surface area (Å²) in [7, 11) is 0. The topological polar surface area (TPSA) is 29.5 Å². The normalized spacial score (nSPS) is 22.1. The largest absolute Gasteiger partial charge is 0.456 e. The third kappa shape index (κ3) is 4.92. The molecule has 2 heterocycles. The molecule has 0 amide bonds. The summed E-state index contributed by atoms with van der Waals surface area (Å²) in [4.78, 5) is 2.50. The summed E-state index contributed by atoms with van der Waals surface area (Å²) in [5.41, 5.74) is 21.5. The molecule has 0 radical (unpaired) electrons. The molecule has 330 valence electrons. The lowest BCUT2D eigenvalue weighted by Crippen LogP contribution is -2.42. The quantitative estimate of drug-likeness (QED) is 0.176. The minimum Gasteiger partial charge on any atom is -0.456 e. The molecular weight excluding hydrogens is 839 g/mol. The molecule has 4 unspecified atom stereocenters. The van der Waals surface area contributed by atoms with Gasteiger partial charge < -0.3 is 13.7 Å². The van der Waals surface area contributed by atoms with E-state index in [2.05, 4.69) is 233 Å². The first kappa shape index (κ1) is 39.1. The number of hydrogen-bond acceptors (Lipinski definition) is 3. The Labute approximate surface area is 402 Å². The molecule has 8 aromatic carbocycles. The number of nitrogens with zero attached hydrogens (tertiary/aromatic N) is 1. The molecule has 2 aromatic heterocycles. The zero-order chi connectivity index (χ0) is 46.0. The van der Waals surface area contributed by atoms with Crippen molar-refractivity contribution in [3.63, 3.8) is 0 Å². The van der Waals surface area contributed by atoms with Gasteiger partial charge in [0.15, 0.2) is 5.58 Å². The maximum Gasteiger partial charge on any atom is 0.160 e. The molecule has 3 heteroatoms. The first-order valence-corrected chi connectivity index (χ1v) is 24.7. The smallest absolute Gasteiger partial charge is 0.160 e. The van der Waals surface area contributed by atoms with Gasteiger partial charge in [-0.15, -0.1) is 0 Å². The van der Waals surface area contributed by atoms with Gasteiger partial charge in [0.25, 0.3) is 0 Å². The molecule has 0 aliphatic heterocycles. The standard InChI is InChI=1S/C66H49NO2/c1-39-25-31-44-45-32-30-43(37-53(45)64(2,3)52(44)36-39)67(42-28-26-41(27-29-42)40-16-6-5-7-17-40)55-38-54-62(60-48-20-10-13-24-57(48)69-63(55)60)61-51(33-34-58-59(61)47-19-9-12-23-56(47)68-58)66(54)50-22-11-8-18-46(50)49-21-14-15-35-65(49,66)4/h5-35,37-39,49H,36H2,1-4H3. The Hall–Kier alpha value is -7.88. The van der Waals surface area contributed by atoms with Crippen molar-refractivity contribution in [2.45, 2.75) is 50.9 Å². The molecule has 0 N–H and O–H groups in total. The molecule has 0 saturated heterocycles. The van der Waals surface area contributed by atoms with Gasteiger partial charge >= 0.3 is 0 Å². The highest BCUT2D eigenvalue weighted by Crippen LogP contribution is 2.73. The van der Waals surface area contributed by atoms with Gasteiger partial charge in [-0.25, -0.2) is 0 Å². The Morgan fingerprint density at radius 2 is 1.25 bits per heavy atom. The molecule has 4 atom stereocenters. The lowest BCUT2D eigenvalue weighted by atomic mass is 9.56. The van der Waals surface area contributed by atoms with Crippen LogP contribution in [0, 0.1) is 11.3 Å². The SMILES string of the molecule is CC1C=CC2=C(C1)C(C)(C)c1cc(N(c3ccc(-c4ccccc4)cc3)c3cc4c(c5c3oc3ccccc35)-c3c(ccc5oc6ccccc6c35)C43c4ccccc4C4C=CC=CC43C)ccc12. The fraction of sp³-hybridized carbons (Fsp3) is 0.152. The molecule has 69 heavy (non-hydrogen) atoms. The van der Waals surface area contributed by atoms with E-state index >= 15 is 0 Å². The summed E-state index contributed by atoms with van der Waals surface area (Å²) in [6.45, 7) is 9.71. The van der Waals surface area contributed by atoms with Crippen LogP contribution in [-0.2, 0) is 10.8 Å². The number of anilines is 3. The number of benzene rings is 8. The lowest BCUT2D eigenvalue weighted by Gasteiger charge is -2.45. The predicted molar refractivity (Wildman–Crippen MR) is 285 cm³/mol. The monoisotopic (exact) mass is 887 g/mol. The number of hydrogen-bond donors (Lipinski definition) is 0. The highest BCUT2D eigenvalue weighted by atomic mass is 16.3. The van der Waals surface area contributed by atoms with Crippen LogP contribution in [0.25, 0.3) is 71.7 Å². The average Bonchev–Trinajstić information content (AvgIpc) is 4.15. The maximum absolute atomic E-state index is 7.39. The number of para-hydroxylation sites is 2. The molecular formula is C66H49NO2. The van der Waals surface area contributed by atoms with Crippen LogP contribution in [0.1, 0.15) is 73.4 Å². The van der Waals surface area contributed by atoms with Gasteiger partial charge in [0.2, 0.25) is 0 Å². The number of allylic oxidation sites excluding steroid dienone is 8. The highest BCUT2D eigenvalue weighted by molar-refractivity contribution is 6.25. The van der Waals surface area contributed by atoms with Gasteiger partial charge in [0.05, 0.1) is 11.1 Å². The lowest BCUT2D eigenvalue weighted by molar-refractivity contribution is 0.294. The predicted octanol–water partition coefficient (Wildman–Crippen LogP) is 17.8. The highest BCUT2D eigenvalue weighted by Gasteiger charge is 2.64. The van der Waals surface area contributed by atoms with Crippen LogP contribution in [-0.4, -0.2) is 0 Å². The zero-order valence-corrected chi connectivity index (χ0v) is 39.2. The second kappa shape index (κ2) is 13.6. The van der Waals surface area contributed by atoms with E-state index in [1.807, 2.05) is 0 Å². The third-order valence-corrected chi connectivity index (χ3v) is 17.1. The van der Waals surface area contributed by atoms with E-state index in [0.29, 0.717) is 5.92 Å². The van der Waals surface area contributed by atoms with Gasteiger partial charge in [0.1, 0.15) is 16.7 Å². The summed E-state index contributed by atoms with van der Waals surface area (Å²) >= 11 is 0. The molecule has 5 aliphatic rings. The Kier molecular flexibility index (Phi) is 7.74. The van der Waals surface area contributed by atoms with E-state index in [-0.39, 0.29) is 16.7 Å². The van der Waals surface area contributed by atoms with E-state index in [1.165, 1.54) is 66.8 Å². The molecule has 1 spiro atoms. The van der Waals surface area contributed by atoms with Crippen LogP contribution < -0.4 is 4.90 Å². The van der Waals surface area contributed by atoms with E-state index in [1.54, 1.807) is 0 Å². The zero-order valence-electron chi connectivity index (χ0n) is 39.2. The second-order valence-corrected chi connectivity index (χ2v) is 21.0. The fourth-order valence-corrected chi connectivity index (χ4v) is 14.1. The molecule has 10 aromatic rings. The molecule has 3 nitrogen and oxygen atoms in total. The molecule has 5 aliphatic carbocycles. The third-order valence-electron chi connectivity index (χ3n) is 17.1. The Balaban J connectivity index is 1.09. The van der Waals surface area contributed by atoms with Crippen molar-refractivity contribution in [1.29, 1.82) is 0 Å². The van der Waals surface area contributed by atoms with Crippen molar-refractivity contribution in [3.05, 3.63) is 239 Å². The van der Waals surface area contributed by atoms with Crippen LogP contribution >= 0.6 is 0 Å². The maximum atomic E-state index is 7.39. The van der Waals surface area contributed by atoms with Crippen LogP contribution in [0.3, 0.4) is 0 Å². The number of fused-ring (bicyclic) bond motifs is 20. The summed E-state index contributed by atoms with van der Waals surface area (Å²) in [5.74, 6) is 0.670. The average molecular weight is 888 g/mol. The van der Waals surface area contributed by atoms with Crippen molar-refractivity contribution >= 4 is 66.5 Å². The van der Waals surface area contributed by atoms with Crippen molar-refractivity contribution in [3.8, 4) is 22.3 Å². The summed E-state index contributed by atoms with van der Waals surface area (Å²) in [5, 5.41) is 4.54. The summed E-state index contributed by atoms with van der Waals surface area (Å²) in [6.07, 6.45) is 15.3. The molecule has 15 rings (SSSR count). The molecule has 0 fully saturated rings. The molecule has 0 saturated carbocycles.